The molecule has 0 bridgehead atoms. The predicted octanol–water partition coefficient (Wildman–Crippen LogP) is 4.13. The summed E-state index contributed by atoms with van der Waals surface area (Å²) in [5.74, 6) is -0.519. The zero-order chi connectivity index (χ0) is 22.7. The number of carbonyl (C=O) groups excluding carboxylic acids is 2. The number of amides is 1. The molecule has 2 N–H and O–H groups in total. The molecule has 32 heavy (non-hydrogen) atoms. The minimum absolute atomic E-state index is 0.00920. The third kappa shape index (κ3) is 4.76. The lowest BCUT2D eigenvalue weighted by atomic mass is 9.86. The molecule has 0 aliphatic carbocycles. The number of hydrogen-bond donors (Lipinski definition) is 2. The van der Waals surface area contributed by atoms with Gasteiger partial charge in [0.2, 0.25) is 5.91 Å². The first-order valence-corrected chi connectivity index (χ1v) is 11.5. The Morgan fingerprint density at radius 3 is 2.44 bits per heavy atom. The summed E-state index contributed by atoms with van der Waals surface area (Å²) < 4.78 is 21.0. The first-order valence-electron chi connectivity index (χ1n) is 11.5. The number of rotatable bonds is 8. The Morgan fingerprint density at radius 1 is 1.12 bits per heavy atom. The highest BCUT2D eigenvalue weighted by Gasteiger charge is 2.33. The second-order valence-corrected chi connectivity index (χ2v) is 9.12. The van der Waals surface area contributed by atoms with Crippen LogP contribution in [-0.4, -0.2) is 37.5 Å². The Bertz CT molecular complexity index is 967. The van der Waals surface area contributed by atoms with Gasteiger partial charge in [-0.05, 0) is 42.0 Å². The summed E-state index contributed by atoms with van der Waals surface area (Å²) >= 11 is 0. The number of hydrogen-bond acceptors (Lipinski definition) is 4. The molecule has 2 aromatic rings. The lowest BCUT2D eigenvalue weighted by molar-refractivity contribution is -0.131. The molecule has 4 rings (SSSR count). The zero-order valence-electron chi connectivity index (χ0n) is 18.7. The molecule has 0 aromatic heterocycles. The van der Waals surface area contributed by atoms with Gasteiger partial charge in [-0.25, -0.2) is 4.39 Å². The van der Waals surface area contributed by atoms with Gasteiger partial charge in [0.15, 0.2) is 5.78 Å². The van der Waals surface area contributed by atoms with E-state index in [4.69, 9.17) is 4.74 Å². The van der Waals surface area contributed by atoms with Crippen LogP contribution in [0.4, 0.5) is 4.39 Å². The van der Waals surface area contributed by atoms with Gasteiger partial charge in [-0.1, -0.05) is 56.3 Å². The van der Waals surface area contributed by atoms with E-state index in [1.54, 1.807) is 6.07 Å². The van der Waals surface area contributed by atoms with Crippen LogP contribution >= 0.6 is 0 Å². The van der Waals surface area contributed by atoms with Crippen LogP contribution in [0.25, 0.3) is 11.1 Å². The van der Waals surface area contributed by atoms with Gasteiger partial charge in [-0.3, -0.25) is 9.59 Å². The van der Waals surface area contributed by atoms with Gasteiger partial charge >= 0.3 is 0 Å². The lowest BCUT2D eigenvalue weighted by Gasteiger charge is -2.29. The molecular weight excluding hydrogens is 407 g/mol. The fourth-order valence-corrected chi connectivity index (χ4v) is 4.48. The van der Waals surface area contributed by atoms with E-state index in [2.05, 4.69) is 10.6 Å². The van der Waals surface area contributed by atoms with Crippen molar-refractivity contribution in [1.29, 1.82) is 0 Å². The second-order valence-electron chi connectivity index (χ2n) is 9.12. The minimum atomic E-state index is -0.906. The van der Waals surface area contributed by atoms with Crippen molar-refractivity contribution in [2.45, 2.75) is 51.1 Å². The third-order valence-corrected chi connectivity index (χ3v) is 6.38. The number of ketones is 1. The minimum Gasteiger partial charge on any atom is -0.381 e. The van der Waals surface area contributed by atoms with Gasteiger partial charge in [0.05, 0.1) is 19.3 Å². The van der Waals surface area contributed by atoms with Gasteiger partial charge in [0.1, 0.15) is 11.9 Å². The van der Waals surface area contributed by atoms with Crippen LogP contribution in [0.1, 0.15) is 56.2 Å². The highest BCUT2D eigenvalue weighted by molar-refractivity contribution is 5.93. The summed E-state index contributed by atoms with van der Waals surface area (Å²) in [6.07, 6.45) is 1.95. The largest absolute Gasteiger partial charge is 0.381 e. The van der Waals surface area contributed by atoms with E-state index in [1.807, 2.05) is 50.2 Å². The van der Waals surface area contributed by atoms with Crippen LogP contribution in [0, 0.1) is 11.7 Å². The predicted molar refractivity (Wildman–Crippen MR) is 122 cm³/mol. The number of nitrogens with one attached hydrogen (secondary N) is 2. The van der Waals surface area contributed by atoms with Crippen molar-refractivity contribution >= 4 is 11.7 Å². The zero-order valence-corrected chi connectivity index (χ0v) is 18.7. The average Bonchev–Trinajstić information content (AvgIpc) is 3.29. The first kappa shape index (κ1) is 22.6. The van der Waals surface area contributed by atoms with Crippen molar-refractivity contribution in [2.24, 2.45) is 5.92 Å². The summed E-state index contributed by atoms with van der Waals surface area (Å²) in [6.45, 7) is 5.76. The molecule has 0 spiro atoms. The van der Waals surface area contributed by atoms with Gasteiger partial charge in [0, 0.05) is 17.9 Å². The van der Waals surface area contributed by atoms with Crippen LogP contribution in [-0.2, 0) is 14.3 Å². The summed E-state index contributed by atoms with van der Waals surface area (Å²) in [4.78, 5) is 26.4. The smallest absolute Gasteiger partial charge is 0.237 e. The first-order chi connectivity index (χ1) is 15.5. The van der Waals surface area contributed by atoms with Crippen molar-refractivity contribution in [3.05, 3.63) is 59.4 Å². The van der Waals surface area contributed by atoms with Crippen molar-refractivity contribution in [1.82, 2.24) is 10.6 Å². The fraction of sp³-hybridized carbons (Fsp3) is 0.462. The number of benzene rings is 2. The van der Waals surface area contributed by atoms with E-state index in [1.165, 1.54) is 0 Å². The van der Waals surface area contributed by atoms with Gasteiger partial charge < -0.3 is 15.4 Å². The maximum Gasteiger partial charge on any atom is 0.237 e. The van der Waals surface area contributed by atoms with E-state index in [0.29, 0.717) is 41.9 Å². The van der Waals surface area contributed by atoms with Crippen molar-refractivity contribution in [2.75, 3.05) is 19.8 Å². The van der Waals surface area contributed by atoms with Crippen LogP contribution < -0.4 is 10.6 Å². The standard InChI is InChI=1S/C26H31FN2O3/c1-16(2)19-10-11-20(23(24(19)27)18-7-4-3-5-8-18)25(22(30)13-17-14-32-15-17)29-26(31)21-9-6-12-28-21/h3-5,7-8,10-11,16-17,21,25,28H,6,9,12-15H2,1-2H3,(H,29,31). The summed E-state index contributed by atoms with van der Waals surface area (Å²) in [6, 6.07) is 11.6. The van der Waals surface area contributed by atoms with Crippen molar-refractivity contribution in [3.8, 4) is 11.1 Å². The van der Waals surface area contributed by atoms with Crippen LogP contribution in [0.3, 0.4) is 0 Å². The van der Waals surface area contributed by atoms with E-state index >= 15 is 4.39 Å². The number of ether oxygens (including phenoxy) is 1. The molecule has 2 aromatic carbocycles. The Morgan fingerprint density at radius 2 is 1.84 bits per heavy atom. The van der Waals surface area contributed by atoms with Gasteiger partial charge in [-0.15, -0.1) is 0 Å². The second kappa shape index (κ2) is 9.92. The average molecular weight is 439 g/mol. The van der Waals surface area contributed by atoms with Crippen LogP contribution in [0.5, 0.6) is 0 Å². The van der Waals surface area contributed by atoms with Gasteiger partial charge in [-0.2, -0.15) is 0 Å². The molecule has 2 aliphatic rings. The van der Waals surface area contributed by atoms with E-state index in [0.717, 1.165) is 19.4 Å². The van der Waals surface area contributed by atoms with E-state index in [9.17, 15) is 9.59 Å². The Balaban J connectivity index is 1.77. The maximum atomic E-state index is 15.8. The Hall–Kier alpha value is -2.57. The van der Waals surface area contributed by atoms with Crippen molar-refractivity contribution < 1.29 is 18.7 Å². The molecular formula is C26H31FN2O3. The summed E-state index contributed by atoms with van der Waals surface area (Å²) in [5.41, 5.74) is 2.19. The molecule has 2 aliphatic heterocycles. The fourth-order valence-electron chi connectivity index (χ4n) is 4.48. The molecule has 2 unspecified atom stereocenters. The van der Waals surface area contributed by atoms with Crippen LogP contribution in [0.2, 0.25) is 0 Å². The molecule has 2 fully saturated rings. The number of halogens is 1. The SMILES string of the molecule is CC(C)c1ccc(C(NC(=O)C2CCCN2)C(=O)CC2COC2)c(-c2ccccc2)c1F. The number of Topliss-reactive ketones (excluding diaryl/α,β-unsaturated/α-hetero) is 1. The number of carbonyl (C=O) groups is 2. The molecule has 2 saturated heterocycles. The molecule has 1 amide bonds. The van der Waals surface area contributed by atoms with E-state index < -0.39 is 6.04 Å². The Labute approximate surface area is 188 Å². The maximum absolute atomic E-state index is 15.8. The molecule has 5 nitrogen and oxygen atoms in total. The quantitative estimate of drug-likeness (QED) is 0.650. The monoisotopic (exact) mass is 438 g/mol. The molecule has 170 valence electrons. The summed E-state index contributed by atoms with van der Waals surface area (Å²) in [5, 5.41) is 6.14. The summed E-state index contributed by atoms with van der Waals surface area (Å²) in [7, 11) is 0. The topological polar surface area (TPSA) is 67.4 Å². The molecule has 0 saturated carbocycles. The Kier molecular flexibility index (Phi) is 7.01. The highest BCUT2D eigenvalue weighted by atomic mass is 19.1. The molecule has 6 heteroatoms. The van der Waals surface area contributed by atoms with Crippen LogP contribution in [0.15, 0.2) is 42.5 Å². The third-order valence-electron chi connectivity index (χ3n) is 6.38. The van der Waals surface area contributed by atoms with E-state index in [-0.39, 0.29) is 35.4 Å². The van der Waals surface area contributed by atoms with Crippen molar-refractivity contribution in [3.63, 3.8) is 0 Å². The van der Waals surface area contributed by atoms with Gasteiger partial charge in [0.25, 0.3) is 0 Å². The molecule has 2 heterocycles. The molecule has 2 atom stereocenters. The normalized spacial score (nSPS) is 19.6. The molecule has 0 radical (unpaired) electrons. The highest BCUT2D eigenvalue weighted by Crippen LogP contribution is 2.36. The lowest BCUT2D eigenvalue weighted by Crippen LogP contribution is -2.45.